The Balaban J connectivity index is 1.77. The highest BCUT2D eigenvalue weighted by molar-refractivity contribution is 5.90. The number of likely N-dealkylation sites (tertiary alicyclic amines) is 2. The van der Waals surface area contributed by atoms with E-state index in [4.69, 9.17) is 14.2 Å². The fourth-order valence-corrected chi connectivity index (χ4v) is 9.45. The van der Waals surface area contributed by atoms with Crippen molar-refractivity contribution in [2.45, 2.75) is 150 Å². The molecule has 59 heavy (non-hydrogen) atoms. The third kappa shape index (κ3) is 13.3. The van der Waals surface area contributed by atoms with Crippen LogP contribution in [0, 0.1) is 35.5 Å². The molecule has 3 amide bonds. The number of hydrogen-bond acceptors (Lipinski definition) is 9. The molecule has 2 fully saturated rings. The van der Waals surface area contributed by atoms with Crippen LogP contribution in [0.5, 0.6) is 0 Å². The third-order valence-corrected chi connectivity index (χ3v) is 13.2. The minimum atomic E-state index is -0.597. The normalized spacial score (nSPS) is 20.6. The summed E-state index contributed by atoms with van der Waals surface area (Å²) in [5, 5.41) is 3.12. The van der Waals surface area contributed by atoms with Crippen molar-refractivity contribution < 1.29 is 38.2 Å². The fraction of sp³-hybridized carbons (Fsp3) is 0.766. The van der Waals surface area contributed by atoms with Crippen LogP contribution >= 0.6 is 0 Å². The topological polar surface area (TPSA) is 135 Å². The Morgan fingerprint density at radius 2 is 1.44 bits per heavy atom. The quantitative estimate of drug-likeness (QED) is 0.120. The summed E-state index contributed by atoms with van der Waals surface area (Å²) < 4.78 is 18.3. The van der Waals surface area contributed by atoms with Gasteiger partial charge in [0.25, 0.3) is 0 Å². The molecule has 0 aliphatic carbocycles. The molecule has 10 atom stereocenters. The number of nitrogens with zero attached hydrogens (tertiary/aromatic N) is 3. The SMILES string of the molecule is CC[C@H](C)[C@@H](C(CC(=O)N1CCC[C@H]1[C@H](OC)[C@@H](C)C(=O)C[C@H](C)[C@@H](OC(=O)N1CCCCC1)c1ccccc1)OC)N(C)C(=O)[C@@H](CC(=O)[C@@H](NC)C(C)C)C(C)C. The van der Waals surface area contributed by atoms with E-state index in [1.807, 2.05) is 76.8 Å². The van der Waals surface area contributed by atoms with E-state index >= 15 is 0 Å². The van der Waals surface area contributed by atoms with Crippen LogP contribution in [0.3, 0.4) is 0 Å². The van der Waals surface area contributed by atoms with Crippen molar-refractivity contribution in [3.8, 4) is 0 Å². The number of amides is 3. The van der Waals surface area contributed by atoms with Crippen molar-refractivity contribution in [3.05, 3.63) is 35.9 Å². The lowest BCUT2D eigenvalue weighted by Gasteiger charge is -2.41. The molecule has 3 rings (SSSR count). The van der Waals surface area contributed by atoms with Crippen LogP contribution in [0.15, 0.2) is 30.3 Å². The van der Waals surface area contributed by atoms with Gasteiger partial charge in [0.1, 0.15) is 11.9 Å². The largest absolute Gasteiger partial charge is 0.441 e. The van der Waals surface area contributed by atoms with Crippen LogP contribution in [0.4, 0.5) is 4.79 Å². The van der Waals surface area contributed by atoms with Gasteiger partial charge in [-0.2, -0.15) is 0 Å². The molecule has 0 radical (unpaired) electrons. The Kier molecular flexibility index (Phi) is 20.5. The molecule has 2 saturated heterocycles. The van der Waals surface area contributed by atoms with Gasteiger partial charge in [0, 0.05) is 71.5 Å². The number of Topliss-reactive ketones (excluding diaryl/α,β-unsaturated/α-hetero) is 2. The number of hydrogen-bond donors (Lipinski definition) is 1. The second kappa shape index (κ2) is 24.2. The Bertz CT molecular complexity index is 1480. The van der Waals surface area contributed by atoms with E-state index in [0.717, 1.165) is 37.7 Å². The van der Waals surface area contributed by atoms with E-state index in [1.54, 1.807) is 38.1 Å². The van der Waals surface area contributed by atoms with Crippen molar-refractivity contribution in [2.75, 3.05) is 47.9 Å². The zero-order chi connectivity index (χ0) is 44.0. The molecule has 334 valence electrons. The average Bonchev–Trinajstić information content (AvgIpc) is 3.71. The van der Waals surface area contributed by atoms with Crippen LogP contribution in [-0.4, -0.2) is 122 Å². The molecule has 0 bridgehead atoms. The minimum absolute atomic E-state index is 0.00510. The first-order valence-electron chi connectivity index (χ1n) is 22.4. The number of carbonyl (C=O) groups excluding carboxylic acids is 5. The summed E-state index contributed by atoms with van der Waals surface area (Å²) >= 11 is 0. The lowest BCUT2D eigenvalue weighted by atomic mass is 9.84. The van der Waals surface area contributed by atoms with Crippen molar-refractivity contribution >= 4 is 29.5 Å². The zero-order valence-electron chi connectivity index (χ0n) is 38.4. The minimum Gasteiger partial charge on any atom is -0.441 e. The predicted octanol–water partition coefficient (Wildman–Crippen LogP) is 7.34. The molecular weight excluding hydrogens is 749 g/mol. The Hall–Kier alpha value is -3.35. The fourth-order valence-electron chi connectivity index (χ4n) is 9.45. The number of rotatable bonds is 23. The molecular formula is C47H78N4O8. The monoisotopic (exact) mass is 827 g/mol. The molecule has 1 N–H and O–H groups in total. The highest BCUT2D eigenvalue weighted by Crippen LogP contribution is 2.34. The van der Waals surface area contributed by atoms with E-state index in [1.165, 1.54) is 0 Å². The Morgan fingerprint density at radius 3 is 1.98 bits per heavy atom. The molecule has 12 nitrogen and oxygen atoms in total. The van der Waals surface area contributed by atoms with Crippen LogP contribution in [0.1, 0.15) is 125 Å². The number of likely N-dealkylation sites (N-methyl/N-ethyl adjacent to an activating group) is 2. The summed E-state index contributed by atoms with van der Waals surface area (Å²) in [4.78, 5) is 74.7. The first-order chi connectivity index (χ1) is 28.0. The molecule has 1 unspecified atom stereocenters. The summed E-state index contributed by atoms with van der Waals surface area (Å²) in [5.74, 6) is -1.54. The van der Waals surface area contributed by atoms with Gasteiger partial charge in [-0.25, -0.2) is 4.79 Å². The van der Waals surface area contributed by atoms with Gasteiger partial charge in [0.05, 0.1) is 36.8 Å². The van der Waals surface area contributed by atoms with Gasteiger partial charge in [0.2, 0.25) is 11.8 Å². The van der Waals surface area contributed by atoms with E-state index in [2.05, 4.69) is 19.2 Å². The van der Waals surface area contributed by atoms with E-state index in [0.29, 0.717) is 26.1 Å². The lowest BCUT2D eigenvalue weighted by molar-refractivity contribution is -0.149. The standard InChI is InChI=1S/C47H78N4O8/c1-13-32(6)43(49(10)46(55)36(30(2)3)28-39(53)42(48-9)31(4)5)40(57-11)29-41(54)51-26-20-23-37(51)45(58-12)34(8)38(52)27-33(7)44(35-21-16-14-17-22-35)59-47(56)50-24-18-15-19-25-50/h14,16-17,21-22,30-34,36-37,40,42-45,48H,13,15,18-20,23-29H2,1-12H3/t32-,33-,34-,36-,37-,40?,42-,43-,44+,45+/m0/s1. The van der Waals surface area contributed by atoms with Crippen molar-refractivity contribution in [2.24, 2.45) is 35.5 Å². The molecule has 2 aliphatic rings. The maximum absolute atomic E-state index is 14.4. The first-order valence-corrected chi connectivity index (χ1v) is 22.4. The second-order valence-corrected chi connectivity index (χ2v) is 18.0. The smallest absolute Gasteiger partial charge is 0.410 e. The number of ether oxygens (including phenoxy) is 3. The van der Waals surface area contributed by atoms with Crippen molar-refractivity contribution in [1.29, 1.82) is 0 Å². The molecule has 0 aromatic heterocycles. The van der Waals surface area contributed by atoms with Crippen LogP contribution in [0.25, 0.3) is 0 Å². The highest BCUT2D eigenvalue weighted by Gasteiger charge is 2.43. The Morgan fingerprint density at radius 1 is 0.797 bits per heavy atom. The maximum Gasteiger partial charge on any atom is 0.410 e. The molecule has 2 aliphatic heterocycles. The summed E-state index contributed by atoms with van der Waals surface area (Å²) in [5.41, 5.74) is 0.846. The van der Waals surface area contributed by atoms with E-state index in [-0.39, 0.29) is 84.5 Å². The van der Waals surface area contributed by atoms with Crippen molar-refractivity contribution in [3.63, 3.8) is 0 Å². The summed E-state index contributed by atoms with van der Waals surface area (Å²) in [7, 11) is 6.74. The molecule has 0 saturated carbocycles. The third-order valence-electron chi connectivity index (χ3n) is 13.2. The summed E-state index contributed by atoms with van der Waals surface area (Å²) in [6, 6.07) is 8.54. The van der Waals surface area contributed by atoms with Gasteiger partial charge in [-0.05, 0) is 62.5 Å². The van der Waals surface area contributed by atoms with Crippen molar-refractivity contribution in [1.82, 2.24) is 20.0 Å². The van der Waals surface area contributed by atoms with Gasteiger partial charge in [-0.15, -0.1) is 0 Å². The summed E-state index contributed by atoms with van der Waals surface area (Å²) in [6.45, 7) is 17.8. The molecule has 12 heteroatoms. The Labute approximate surface area is 355 Å². The number of carbonyl (C=O) groups is 5. The average molecular weight is 827 g/mol. The highest BCUT2D eigenvalue weighted by atomic mass is 16.6. The van der Waals surface area contributed by atoms with Crippen LogP contribution in [-0.2, 0) is 33.4 Å². The number of benzene rings is 1. The van der Waals surface area contributed by atoms with E-state index in [9.17, 15) is 24.0 Å². The van der Waals surface area contributed by atoms with Gasteiger partial charge >= 0.3 is 6.09 Å². The molecule has 2 heterocycles. The summed E-state index contributed by atoms with van der Waals surface area (Å²) in [6.07, 6.45) is 3.51. The predicted molar refractivity (Wildman–Crippen MR) is 232 cm³/mol. The van der Waals surface area contributed by atoms with Crippen LogP contribution < -0.4 is 5.32 Å². The van der Waals surface area contributed by atoms with Crippen LogP contribution in [0.2, 0.25) is 0 Å². The number of nitrogens with one attached hydrogen (secondary N) is 1. The number of ketones is 2. The van der Waals surface area contributed by atoms with E-state index < -0.39 is 36.2 Å². The van der Waals surface area contributed by atoms with Gasteiger partial charge in [-0.3, -0.25) is 19.2 Å². The van der Waals surface area contributed by atoms with Gasteiger partial charge in [-0.1, -0.05) is 92.1 Å². The second-order valence-electron chi connectivity index (χ2n) is 18.0. The lowest BCUT2D eigenvalue weighted by Crippen LogP contribution is -2.54. The first kappa shape index (κ1) is 50.0. The van der Waals surface area contributed by atoms with Gasteiger partial charge in [0.15, 0.2) is 5.78 Å². The maximum atomic E-state index is 14.4. The molecule has 1 aromatic rings. The number of piperidine rings is 1. The molecule has 0 spiro atoms. The number of methoxy groups -OCH3 is 2. The molecule has 1 aromatic carbocycles. The zero-order valence-corrected chi connectivity index (χ0v) is 38.4. The van der Waals surface area contributed by atoms with Gasteiger partial charge < -0.3 is 34.2 Å².